The van der Waals surface area contributed by atoms with E-state index < -0.39 is 5.24 Å². The lowest BCUT2D eigenvalue weighted by Crippen LogP contribution is -1.79. The fourth-order valence-corrected chi connectivity index (χ4v) is 1.10. The van der Waals surface area contributed by atoms with Crippen molar-refractivity contribution in [1.82, 2.24) is 4.98 Å². The second-order valence-corrected chi connectivity index (χ2v) is 3.18. The van der Waals surface area contributed by atoms with E-state index in [1.807, 2.05) is 31.2 Å². The van der Waals surface area contributed by atoms with E-state index in [1.165, 1.54) is 6.08 Å². The quantitative estimate of drug-likeness (QED) is 0.434. The number of allylic oxidation sites excluding steroid dienone is 3. The molecule has 1 rings (SSSR count). The van der Waals surface area contributed by atoms with Gasteiger partial charge in [-0.2, -0.15) is 0 Å². The standard InChI is InChI=1S/C11H10ClNO/c1-9(8-11(12)14)2-3-10-4-6-13-7-5-10/h2-8H,1H3/b3-2+,9-8+. The molecule has 0 aliphatic carbocycles. The first-order valence-electron chi connectivity index (χ1n) is 4.14. The summed E-state index contributed by atoms with van der Waals surface area (Å²) in [4.78, 5) is 14.4. The Morgan fingerprint density at radius 1 is 1.43 bits per heavy atom. The zero-order valence-electron chi connectivity index (χ0n) is 7.77. The first kappa shape index (κ1) is 10.7. The summed E-state index contributed by atoms with van der Waals surface area (Å²) in [7, 11) is 0. The summed E-state index contributed by atoms with van der Waals surface area (Å²) in [5.74, 6) is 0. The molecule has 0 atom stereocenters. The van der Waals surface area contributed by atoms with Gasteiger partial charge in [0.05, 0.1) is 0 Å². The van der Waals surface area contributed by atoms with Gasteiger partial charge in [-0.15, -0.1) is 0 Å². The van der Waals surface area contributed by atoms with Crippen LogP contribution in [0.25, 0.3) is 6.08 Å². The predicted octanol–water partition coefficient (Wildman–Crippen LogP) is 2.81. The van der Waals surface area contributed by atoms with Crippen molar-refractivity contribution >= 4 is 22.9 Å². The van der Waals surface area contributed by atoms with Crippen LogP contribution in [0.1, 0.15) is 12.5 Å². The summed E-state index contributed by atoms with van der Waals surface area (Å²) >= 11 is 5.20. The van der Waals surface area contributed by atoms with E-state index in [0.29, 0.717) is 0 Å². The van der Waals surface area contributed by atoms with E-state index in [9.17, 15) is 4.79 Å². The summed E-state index contributed by atoms with van der Waals surface area (Å²) in [6.45, 7) is 1.82. The Morgan fingerprint density at radius 3 is 2.64 bits per heavy atom. The average molecular weight is 208 g/mol. The number of carbonyl (C=O) groups excluding carboxylic acids is 1. The van der Waals surface area contributed by atoms with Crippen LogP contribution in [0.4, 0.5) is 0 Å². The molecular weight excluding hydrogens is 198 g/mol. The van der Waals surface area contributed by atoms with E-state index in [2.05, 4.69) is 4.98 Å². The average Bonchev–Trinajstić information content (AvgIpc) is 2.15. The molecule has 0 saturated carbocycles. The number of carbonyl (C=O) groups is 1. The fourth-order valence-electron chi connectivity index (χ4n) is 0.929. The smallest absolute Gasteiger partial charge is 0.245 e. The van der Waals surface area contributed by atoms with Crippen LogP contribution in [0.15, 0.2) is 42.3 Å². The van der Waals surface area contributed by atoms with Gasteiger partial charge < -0.3 is 0 Å². The molecule has 0 bridgehead atoms. The van der Waals surface area contributed by atoms with Gasteiger partial charge in [0.15, 0.2) is 0 Å². The van der Waals surface area contributed by atoms with E-state index in [4.69, 9.17) is 11.6 Å². The van der Waals surface area contributed by atoms with Gasteiger partial charge in [-0.1, -0.05) is 12.2 Å². The Morgan fingerprint density at radius 2 is 2.07 bits per heavy atom. The molecule has 0 saturated heterocycles. The van der Waals surface area contributed by atoms with Crippen molar-refractivity contribution in [2.45, 2.75) is 6.92 Å². The number of nitrogens with zero attached hydrogens (tertiary/aromatic N) is 1. The van der Waals surface area contributed by atoms with Crippen molar-refractivity contribution < 1.29 is 4.79 Å². The predicted molar refractivity (Wildman–Crippen MR) is 57.9 cm³/mol. The molecule has 1 heterocycles. The Kier molecular flexibility index (Phi) is 4.08. The lowest BCUT2D eigenvalue weighted by Gasteiger charge is -1.91. The minimum Gasteiger partial charge on any atom is -0.276 e. The summed E-state index contributed by atoms with van der Waals surface area (Å²) in [5, 5.41) is -0.457. The summed E-state index contributed by atoms with van der Waals surface area (Å²) in [6, 6.07) is 3.76. The molecular formula is C11H10ClNO. The highest BCUT2D eigenvalue weighted by atomic mass is 35.5. The number of hydrogen-bond donors (Lipinski definition) is 0. The maximum absolute atomic E-state index is 10.5. The zero-order valence-corrected chi connectivity index (χ0v) is 8.53. The van der Waals surface area contributed by atoms with Gasteiger partial charge in [0.2, 0.25) is 5.24 Å². The highest BCUT2D eigenvalue weighted by Crippen LogP contribution is 2.04. The van der Waals surface area contributed by atoms with E-state index in [-0.39, 0.29) is 0 Å². The van der Waals surface area contributed by atoms with Crippen LogP contribution < -0.4 is 0 Å². The maximum atomic E-state index is 10.5. The Hall–Kier alpha value is -1.41. The highest BCUT2D eigenvalue weighted by molar-refractivity contribution is 6.66. The molecule has 0 aliphatic heterocycles. The fraction of sp³-hybridized carbons (Fsp3) is 0.0909. The maximum Gasteiger partial charge on any atom is 0.245 e. The van der Waals surface area contributed by atoms with Crippen molar-refractivity contribution in [3.05, 3.63) is 47.8 Å². The summed E-state index contributed by atoms with van der Waals surface area (Å²) in [5.41, 5.74) is 1.86. The van der Waals surface area contributed by atoms with E-state index in [1.54, 1.807) is 12.4 Å². The number of halogens is 1. The van der Waals surface area contributed by atoms with Crippen LogP contribution >= 0.6 is 11.6 Å². The van der Waals surface area contributed by atoms with Crippen molar-refractivity contribution in [2.24, 2.45) is 0 Å². The van der Waals surface area contributed by atoms with Gasteiger partial charge in [0.1, 0.15) is 0 Å². The molecule has 0 unspecified atom stereocenters. The van der Waals surface area contributed by atoms with Gasteiger partial charge in [0, 0.05) is 18.5 Å². The van der Waals surface area contributed by atoms with Gasteiger partial charge in [-0.3, -0.25) is 9.78 Å². The molecule has 0 amide bonds. The number of aromatic nitrogens is 1. The Balaban J connectivity index is 2.70. The highest BCUT2D eigenvalue weighted by Gasteiger charge is 1.89. The molecule has 0 aromatic carbocycles. The van der Waals surface area contributed by atoms with Crippen molar-refractivity contribution in [2.75, 3.05) is 0 Å². The SMILES string of the molecule is CC(/C=C/c1ccncc1)=C\C(=O)Cl. The van der Waals surface area contributed by atoms with Crippen molar-refractivity contribution in [1.29, 1.82) is 0 Å². The first-order valence-corrected chi connectivity index (χ1v) is 4.52. The third kappa shape index (κ3) is 4.01. The molecule has 0 fully saturated rings. The van der Waals surface area contributed by atoms with Crippen LogP contribution in [0, 0.1) is 0 Å². The molecule has 0 radical (unpaired) electrons. The third-order valence-electron chi connectivity index (χ3n) is 1.59. The Labute approximate surface area is 87.9 Å². The molecule has 1 aromatic heterocycles. The van der Waals surface area contributed by atoms with Crippen LogP contribution in [0.3, 0.4) is 0 Å². The molecule has 72 valence electrons. The van der Waals surface area contributed by atoms with E-state index >= 15 is 0 Å². The van der Waals surface area contributed by atoms with Crippen LogP contribution in [0.2, 0.25) is 0 Å². The normalized spacial score (nSPS) is 12.0. The summed E-state index contributed by atoms with van der Waals surface area (Å²) < 4.78 is 0. The minimum absolute atomic E-state index is 0.457. The summed E-state index contributed by atoms with van der Waals surface area (Å²) in [6.07, 6.45) is 8.53. The second kappa shape index (κ2) is 5.35. The van der Waals surface area contributed by atoms with Crippen LogP contribution in [-0.4, -0.2) is 10.2 Å². The second-order valence-electron chi connectivity index (χ2n) is 2.81. The van der Waals surface area contributed by atoms with Crippen molar-refractivity contribution in [3.63, 3.8) is 0 Å². The number of hydrogen-bond acceptors (Lipinski definition) is 2. The van der Waals surface area contributed by atoms with E-state index in [0.717, 1.165) is 11.1 Å². The minimum atomic E-state index is -0.457. The number of rotatable bonds is 3. The molecule has 3 heteroatoms. The lowest BCUT2D eigenvalue weighted by atomic mass is 10.2. The van der Waals surface area contributed by atoms with Gasteiger partial charge >= 0.3 is 0 Å². The van der Waals surface area contributed by atoms with Gasteiger partial charge in [-0.25, -0.2) is 0 Å². The van der Waals surface area contributed by atoms with Crippen molar-refractivity contribution in [3.8, 4) is 0 Å². The largest absolute Gasteiger partial charge is 0.276 e. The topological polar surface area (TPSA) is 30.0 Å². The molecule has 1 aromatic rings. The molecule has 0 aliphatic rings. The monoisotopic (exact) mass is 207 g/mol. The first-order chi connectivity index (χ1) is 6.68. The Bertz CT molecular complexity index is 368. The zero-order chi connectivity index (χ0) is 10.4. The molecule has 14 heavy (non-hydrogen) atoms. The van der Waals surface area contributed by atoms with Crippen LogP contribution in [-0.2, 0) is 4.79 Å². The lowest BCUT2D eigenvalue weighted by molar-refractivity contribution is -0.107. The van der Waals surface area contributed by atoms with Crippen LogP contribution in [0.5, 0.6) is 0 Å². The molecule has 0 spiro atoms. The van der Waals surface area contributed by atoms with Gasteiger partial charge in [-0.05, 0) is 41.8 Å². The third-order valence-corrected chi connectivity index (χ3v) is 1.70. The molecule has 0 N–H and O–H groups in total. The molecule has 2 nitrogen and oxygen atoms in total. The van der Waals surface area contributed by atoms with Gasteiger partial charge in [0.25, 0.3) is 0 Å². The number of pyridine rings is 1.